The second-order valence-electron chi connectivity index (χ2n) is 3.95. The minimum absolute atomic E-state index is 0.152. The highest BCUT2D eigenvalue weighted by Gasteiger charge is 2.11. The molecule has 2 aromatic rings. The Morgan fingerprint density at radius 1 is 0.857 bits per heavy atom. The van der Waals surface area contributed by atoms with E-state index in [1.807, 2.05) is 0 Å². The van der Waals surface area contributed by atoms with Crippen LogP contribution in [0.4, 0.5) is 25.0 Å². The molecule has 0 heterocycles. The van der Waals surface area contributed by atoms with Crippen molar-refractivity contribution >= 4 is 52.2 Å². The van der Waals surface area contributed by atoms with Gasteiger partial charge in [0.05, 0.1) is 26.4 Å². The Morgan fingerprint density at radius 2 is 1.48 bits per heavy atom. The van der Waals surface area contributed by atoms with Gasteiger partial charge in [0.1, 0.15) is 11.6 Å². The molecule has 0 unspecified atom stereocenters. The molecular weight excluding hydrogens is 345 g/mol. The first-order valence-electron chi connectivity index (χ1n) is 5.54. The average Bonchev–Trinajstić information content (AvgIpc) is 2.40. The first-order chi connectivity index (χ1) is 9.86. The van der Waals surface area contributed by atoms with Gasteiger partial charge in [0.15, 0.2) is 0 Å². The second kappa shape index (κ2) is 6.47. The van der Waals surface area contributed by atoms with Crippen LogP contribution in [0.3, 0.4) is 0 Å². The van der Waals surface area contributed by atoms with Gasteiger partial charge < -0.3 is 10.6 Å². The zero-order valence-electron chi connectivity index (χ0n) is 10.2. The van der Waals surface area contributed by atoms with Crippen molar-refractivity contribution in [3.8, 4) is 0 Å². The number of hydrogen-bond donors (Lipinski definition) is 2. The third-order valence-electron chi connectivity index (χ3n) is 2.43. The first-order valence-corrected chi connectivity index (χ1v) is 6.68. The van der Waals surface area contributed by atoms with Gasteiger partial charge in [-0.05, 0) is 24.3 Å². The van der Waals surface area contributed by atoms with Crippen LogP contribution >= 0.6 is 34.8 Å². The highest BCUT2D eigenvalue weighted by Crippen LogP contribution is 2.32. The smallest absolute Gasteiger partial charge is 0.306 e. The quantitative estimate of drug-likeness (QED) is 0.682. The van der Waals surface area contributed by atoms with Gasteiger partial charge in [-0.1, -0.05) is 34.8 Å². The average molecular weight is 352 g/mol. The van der Waals surface area contributed by atoms with E-state index in [1.54, 1.807) is 0 Å². The highest BCUT2D eigenvalue weighted by atomic mass is 35.5. The summed E-state index contributed by atoms with van der Waals surface area (Å²) in [7, 11) is 0. The predicted molar refractivity (Wildman–Crippen MR) is 80.5 cm³/mol. The Kier molecular flexibility index (Phi) is 4.88. The summed E-state index contributed by atoms with van der Waals surface area (Å²) in [6, 6.07) is 4.58. The Balaban J connectivity index is 2.15. The molecule has 2 N–H and O–H groups in total. The fourth-order valence-corrected chi connectivity index (χ4v) is 2.08. The predicted octanol–water partition coefficient (Wildman–Crippen LogP) is 5.57. The lowest BCUT2D eigenvalue weighted by Gasteiger charge is -2.10. The van der Waals surface area contributed by atoms with Gasteiger partial charge in [-0.3, -0.25) is 0 Å². The number of hydrogen-bond acceptors (Lipinski definition) is 1. The number of carbonyl (C=O) groups excluding carboxylic acids is 1. The van der Waals surface area contributed by atoms with Crippen LogP contribution < -0.4 is 10.6 Å². The van der Waals surface area contributed by atoms with Crippen LogP contribution in [0.1, 0.15) is 0 Å². The molecule has 8 heteroatoms. The third-order valence-corrected chi connectivity index (χ3v) is 3.47. The monoisotopic (exact) mass is 350 g/mol. The minimum Gasteiger partial charge on any atom is -0.306 e. The molecule has 2 amide bonds. The van der Waals surface area contributed by atoms with E-state index in [0.717, 1.165) is 18.2 Å². The van der Waals surface area contributed by atoms with Crippen molar-refractivity contribution in [2.45, 2.75) is 0 Å². The van der Waals surface area contributed by atoms with Gasteiger partial charge in [-0.25, -0.2) is 13.6 Å². The number of anilines is 2. The summed E-state index contributed by atoms with van der Waals surface area (Å²) in [6.07, 6.45) is 0. The van der Waals surface area contributed by atoms with Crippen LogP contribution in [0.2, 0.25) is 15.1 Å². The third kappa shape index (κ3) is 3.97. The van der Waals surface area contributed by atoms with Crippen LogP contribution in [-0.2, 0) is 0 Å². The zero-order valence-corrected chi connectivity index (χ0v) is 12.5. The molecule has 0 atom stereocenters. The number of nitrogens with one attached hydrogen (secondary N) is 2. The number of amides is 2. The molecule has 0 bridgehead atoms. The minimum atomic E-state index is -0.806. The number of halogens is 5. The molecule has 2 rings (SSSR count). The number of rotatable bonds is 2. The topological polar surface area (TPSA) is 41.1 Å². The fraction of sp³-hybridized carbons (Fsp3) is 0. The van der Waals surface area contributed by atoms with Crippen molar-refractivity contribution in [1.29, 1.82) is 0 Å². The lowest BCUT2D eigenvalue weighted by Crippen LogP contribution is -2.20. The molecule has 0 saturated carbocycles. The Hall–Kier alpha value is -1.56. The van der Waals surface area contributed by atoms with Crippen molar-refractivity contribution < 1.29 is 13.6 Å². The normalized spacial score (nSPS) is 10.3. The van der Waals surface area contributed by atoms with E-state index in [9.17, 15) is 13.6 Å². The Labute approximate surface area is 133 Å². The van der Waals surface area contributed by atoms with Gasteiger partial charge in [0.25, 0.3) is 0 Å². The molecular formula is C13H7Cl3F2N2O. The summed E-state index contributed by atoms with van der Waals surface area (Å²) < 4.78 is 26.4. The Bertz CT molecular complexity index is 710. The van der Waals surface area contributed by atoms with Gasteiger partial charge in [0, 0.05) is 6.07 Å². The maximum absolute atomic E-state index is 13.4. The van der Waals surface area contributed by atoms with Gasteiger partial charge in [-0.2, -0.15) is 0 Å². The van der Waals surface area contributed by atoms with E-state index in [0.29, 0.717) is 0 Å². The van der Waals surface area contributed by atoms with Crippen LogP contribution in [0.25, 0.3) is 0 Å². The van der Waals surface area contributed by atoms with Crippen LogP contribution in [0.15, 0.2) is 30.3 Å². The maximum atomic E-state index is 13.4. The molecule has 0 radical (unpaired) electrons. The summed E-state index contributed by atoms with van der Waals surface area (Å²) in [5, 5.41) is 5.09. The molecule has 0 spiro atoms. The van der Waals surface area contributed by atoms with E-state index in [2.05, 4.69) is 10.6 Å². The molecule has 2 aromatic carbocycles. The molecule has 0 fully saturated rings. The maximum Gasteiger partial charge on any atom is 0.323 e. The lowest BCUT2D eigenvalue weighted by atomic mass is 10.3. The van der Waals surface area contributed by atoms with Crippen molar-refractivity contribution in [2.75, 3.05) is 10.6 Å². The summed E-state index contributed by atoms with van der Waals surface area (Å²) in [4.78, 5) is 11.7. The molecule has 0 aromatic heterocycles. The van der Waals surface area contributed by atoms with Crippen LogP contribution in [0, 0.1) is 11.6 Å². The second-order valence-corrected chi connectivity index (χ2v) is 5.17. The van der Waals surface area contributed by atoms with E-state index in [1.165, 1.54) is 12.1 Å². The lowest BCUT2D eigenvalue weighted by molar-refractivity contribution is 0.262. The van der Waals surface area contributed by atoms with E-state index < -0.39 is 17.7 Å². The SMILES string of the molecule is O=C(Nc1cc(F)ccc1F)Nc1cc(Cl)c(Cl)cc1Cl. The molecule has 110 valence electrons. The molecule has 0 aliphatic carbocycles. The highest BCUT2D eigenvalue weighted by molar-refractivity contribution is 6.44. The first kappa shape index (κ1) is 15.8. The number of urea groups is 1. The largest absolute Gasteiger partial charge is 0.323 e. The molecule has 0 saturated heterocycles. The van der Waals surface area contributed by atoms with Crippen LogP contribution in [0.5, 0.6) is 0 Å². The summed E-state index contributed by atoms with van der Waals surface area (Å²) in [6.45, 7) is 0. The summed E-state index contributed by atoms with van der Waals surface area (Å²) in [5.74, 6) is -1.45. The van der Waals surface area contributed by atoms with Gasteiger partial charge >= 0.3 is 6.03 Å². The van der Waals surface area contributed by atoms with Crippen molar-refractivity contribution in [1.82, 2.24) is 0 Å². The Morgan fingerprint density at radius 3 is 2.19 bits per heavy atom. The number of carbonyl (C=O) groups is 1. The van der Waals surface area contributed by atoms with Gasteiger partial charge in [-0.15, -0.1) is 0 Å². The summed E-state index contributed by atoms with van der Waals surface area (Å²) >= 11 is 17.4. The standard InChI is InChI=1S/C13H7Cl3F2N2O/c14-7-4-9(16)11(5-8(7)15)19-13(21)20-12-3-6(17)1-2-10(12)18/h1-5H,(H2,19,20,21). The van der Waals surface area contributed by atoms with E-state index in [4.69, 9.17) is 34.8 Å². The van der Waals surface area contributed by atoms with E-state index in [-0.39, 0.29) is 26.4 Å². The fourth-order valence-electron chi connectivity index (χ4n) is 1.49. The van der Waals surface area contributed by atoms with E-state index >= 15 is 0 Å². The molecule has 21 heavy (non-hydrogen) atoms. The van der Waals surface area contributed by atoms with Crippen LogP contribution in [-0.4, -0.2) is 6.03 Å². The summed E-state index contributed by atoms with van der Waals surface area (Å²) in [5.41, 5.74) is -0.121. The van der Waals surface area contributed by atoms with Crippen molar-refractivity contribution in [3.05, 3.63) is 57.0 Å². The zero-order chi connectivity index (χ0) is 15.6. The van der Waals surface area contributed by atoms with Crippen molar-refractivity contribution in [3.63, 3.8) is 0 Å². The van der Waals surface area contributed by atoms with Gasteiger partial charge in [0.2, 0.25) is 0 Å². The van der Waals surface area contributed by atoms with Crippen molar-refractivity contribution in [2.24, 2.45) is 0 Å². The molecule has 0 aliphatic heterocycles. The molecule has 0 aliphatic rings. The molecule has 3 nitrogen and oxygen atoms in total. The number of benzene rings is 2.